The van der Waals surface area contributed by atoms with E-state index < -0.39 is 0 Å². The minimum atomic E-state index is -0.295. The molecule has 2 N–H and O–H groups in total. The van der Waals surface area contributed by atoms with Gasteiger partial charge in [-0.15, -0.1) is 10.2 Å². The van der Waals surface area contributed by atoms with E-state index in [1.807, 2.05) is 10.6 Å². The Morgan fingerprint density at radius 3 is 2.86 bits per heavy atom. The van der Waals surface area contributed by atoms with Gasteiger partial charge in [0.25, 0.3) is 5.56 Å². The highest BCUT2D eigenvalue weighted by molar-refractivity contribution is 5.93. The van der Waals surface area contributed by atoms with Crippen LogP contribution in [0.3, 0.4) is 0 Å². The molecule has 0 amide bonds. The van der Waals surface area contributed by atoms with E-state index in [4.69, 9.17) is 4.74 Å². The van der Waals surface area contributed by atoms with Gasteiger partial charge in [-0.2, -0.15) is 5.10 Å². The maximum Gasteiger partial charge on any atom is 0.272 e. The van der Waals surface area contributed by atoms with Gasteiger partial charge in [0, 0.05) is 5.39 Å². The molecule has 0 radical (unpaired) electrons. The van der Waals surface area contributed by atoms with Crippen molar-refractivity contribution < 1.29 is 9.13 Å². The first-order valence-electron chi connectivity index (χ1n) is 8.71. The van der Waals surface area contributed by atoms with Crippen LogP contribution in [0.1, 0.15) is 17.4 Å². The number of halogens is 1. The highest BCUT2D eigenvalue weighted by atomic mass is 19.1. The normalized spacial score (nSPS) is 16.1. The molecule has 28 heavy (non-hydrogen) atoms. The molecule has 0 aliphatic carbocycles. The Kier molecular flexibility index (Phi) is 3.87. The number of hydrogen-bond donors (Lipinski definition) is 2. The van der Waals surface area contributed by atoms with Crippen molar-refractivity contribution in [1.29, 1.82) is 0 Å². The van der Waals surface area contributed by atoms with Crippen LogP contribution < -0.4 is 10.9 Å². The van der Waals surface area contributed by atoms with Crippen LogP contribution in [0.15, 0.2) is 53.5 Å². The number of nitrogens with zero attached hydrogens (tertiary/aromatic N) is 4. The molecule has 9 heteroatoms. The average Bonchev–Trinajstić information content (AvgIpc) is 3.13. The van der Waals surface area contributed by atoms with Crippen LogP contribution in [-0.4, -0.2) is 31.6 Å². The van der Waals surface area contributed by atoms with Crippen LogP contribution in [0.4, 0.5) is 16.0 Å². The highest BCUT2D eigenvalue weighted by Gasteiger charge is 2.27. The molecule has 4 aromatic rings. The fourth-order valence-electron chi connectivity index (χ4n) is 3.45. The van der Waals surface area contributed by atoms with Crippen LogP contribution in [-0.2, 0) is 11.3 Å². The van der Waals surface area contributed by atoms with Crippen LogP contribution >= 0.6 is 0 Å². The van der Waals surface area contributed by atoms with Gasteiger partial charge in [0.05, 0.1) is 29.9 Å². The zero-order valence-corrected chi connectivity index (χ0v) is 14.6. The van der Waals surface area contributed by atoms with Crippen LogP contribution in [0.25, 0.3) is 10.8 Å². The number of benzene rings is 2. The van der Waals surface area contributed by atoms with Gasteiger partial charge in [-0.25, -0.2) is 9.49 Å². The first-order valence-corrected chi connectivity index (χ1v) is 8.71. The summed E-state index contributed by atoms with van der Waals surface area (Å²) in [4.78, 5) is 12.0. The monoisotopic (exact) mass is 378 g/mol. The standard InChI is InChI=1S/C19H15FN6O2/c20-12-6-4-11(5-7-12)16-9-28-10-17-23-25-19(26(16)17)22-15-3-1-2-13-14(15)8-21-24-18(13)27/h1-8,16H,9-10H2,(H,22,25)(H,24,27)/t16-/m0/s1. The second-order valence-corrected chi connectivity index (χ2v) is 6.48. The van der Waals surface area contributed by atoms with Crippen molar-refractivity contribution in [2.75, 3.05) is 11.9 Å². The van der Waals surface area contributed by atoms with Crippen LogP contribution in [0.2, 0.25) is 0 Å². The smallest absolute Gasteiger partial charge is 0.272 e. The molecule has 1 atom stereocenters. The van der Waals surface area contributed by atoms with E-state index in [1.165, 1.54) is 12.1 Å². The van der Waals surface area contributed by atoms with Crippen LogP contribution in [0, 0.1) is 5.82 Å². The Hall–Kier alpha value is -3.59. The van der Waals surface area contributed by atoms with E-state index in [1.54, 1.807) is 30.5 Å². The molecule has 2 aromatic heterocycles. The van der Waals surface area contributed by atoms with E-state index in [0.29, 0.717) is 41.4 Å². The number of anilines is 2. The number of ether oxygens (including phenoxy) is 1. The zero-order valence-electron chi connectivity index (χ0n) is 14.6. The molecule has 140 valence electrons. The Morgan fingerprint density at radius 1 is 1.14 bits per heavy atom. The summed E-state index contributed by atoms with van der Waals surface area (Å²) in [5.74, 6) is 0.885. The number of nitrogens with one attached hydrogen (secondary N) is 2. The van der Waals surface area contributed by atoms with Crippen molar-refractivity contribution in [2.24, 2.45) is 0 Å². The second-order valence-electron chi connectivity index (χ2n) is 6.48. The van der Waals surface area contributed by atoms with Gasteiger partial charge in [0.2, 0.25) is 5.95 Å². The summed E-state index contributed by atoms with van der Waals surface area (Å²) in [6.45, 7) is 0.755. The van der Waals surface area contributed by atoms with E-state index in [2.05, 4.69) is 25.7 Å². The Morgan fingerprint density at radius 2 is 2.00 bits per heavy atom. The molecule has 0 fully saturated rings. The van der Waals surface area contributed by atoms with Crippen molar-refractivity contribution in [1.82, 2.24) is 25.0 Å². The summed E-state index contributed by atoms with van der Waals surface area (Å²) in [5, 5.41) is 19.2. The molecule has 0 bridgehead atoms. The van der Waals surface area contributed by atoms with Crippen molar-refractivity contribution in [2.45, 2.75) is 12.6 Å². The number of aromatic amines is 1. The number of aromatic nitrogens is 5. The van der Waals surface area contributed by atoms with Crippen molar-refractivity contribution >= 4 is 22.4 Å². The lowest BCUT2D eigenvalue weighted by Gasteiger charge is -2.26. The Bertz CT molecular complexity index is 1220. The fraction of sp³-hybridized carbons (Fsp3) is 0.158. The molecule has 1 aliphatic heterocycles. The van der Waals surface area contributed by atoms with E-state index in [-0.39, 0.29) is 17.4 Å². The molecule has 3 heterocycles. The summed E-state index contributed by atoms with van der Waals surface area (Å²) < 4.78 is 20.9. The van der Waals surface area contributed by atoms with Gasteiger partial charge in [-0.3, -0.25) is 9.36 Å². The van der Waals surface area contributed by atoms with Gasteiger partial charge < -0.3 is 10.1 Å². The summed E-state index contributed by atoms with van der Waals surface area (Å²) in [7, 11) is 0. The molecule has 0 saturated heterocycles. The maximum atomic E-state index is 13.3. The quantitative estimate of drug-likeness (QED) is 0.569. The third-order valence-electron chi connectivity index (χ3n) is 4.80. The minimum Gasteiger partial charge on any atom is -0.371 e. The number of H-pyrrole nitrogens is 1. The Balaban J connectivity index is 1.59. The van der Waals surface area contributed by atoms with Crippen molar-refractivity contribution in [3.63, 3.8) is 0 Å². The SMILES string of the molecule is O=c1[nH]ncc2c(Nc3nnc4n3[C@H](c3ccc(F)cc3)COC4)cccc12. The molecule has 8 nitrogen and oxygen atoms in total. The van der Waals surface area contributed by atoms with Gasteiger partial charge in [-0.05, 0) is 29.8 Å². The maximum absolute atomic E-state index is 13.3. The van der Waals surface area contributed by atoms with Gasteiger partial charge in [0.1, 0.15) is 12.4 Å². The summed E-state index contributed by atoms with van der Waals surface area (Å²) in [6, 6.07) is 11.5. The largest absolute Gasteiger partial charge is 0.371 e. The molecule has 0 spiro atoms. The molecule has 0 unspecified atom stereocenters. The van der Waals surface area contributed by atoms with Gasteiger partial charge in [-0.1, -0.05) is 18.2 Å². The second kappa shape index (κ2) is 6.54. The van der Waals surface area contributed by atoms with E-state index in [9.17, 15) is 9.18 Å². The van der Waals surface area contributed by atoms with Gasteiger partial charge in [0.15, 0.2) is 5.82 Å². The lowest BCUT2D eigenvalue weighted by molar-refractivity contribution is 0.0670. The third-order valence-corrected chi connectivity index (χ3v) is 4.80. The molecule has 5 rings (SSSR count). The molecular weight excluding hydrogens is 363 g/mol. The topological polar surface area (TPSA) is 97.7 Å². The van der Waals surface area contributed by atoms with Crippen LogP contribution in [0.5, 0.6) is 0 Å². The van der Waals surface area contributed by atoms with Gasteiger partial charge >= 0.3 is 0 Å². The predicted octanol–water partition coefficient (Wildman–Crippen LogP) is 2.52. The lowest BCUT2D eigenvalue weighted by atomic mass is 10.1. The summed E-state index contributed by atoms with van der Waals surface area (Å²) >= 11 is 0. The first kappa shape index (κ1) is 16.6. The average molecular weight is 378 g/mol. The third kappa shape index (κ3) is 2.72. The first-order chi connectivity index (χ1) is 13.7. The summed E-state index contributed by atoms with van der Waals surface area (Å²) in [5.41, 5.74) is 1.32. The molecular formula is C19H15FN6O2. The molecule has 1 aliphatic rings. The minimum absolute atomic E-state index is 0.196. The molecule has 0 saturated carbocycles. The number of hydrogen-bond acceptors (Lipinski definition) is 6. The van der Waals surface area contributed by atoms with Crippen molar-refractivity contribution in [3.8, 4) is 0 Å². The Labute approximate surface area is 158 Å². The zero-order chi connectivity index (χ0) is 19.1. The predicted molar refractivity (Wildman–Crippen MR) is 99.9 cm³/mol. The number of fused-ring (bicyclic) bond motifs is 2. The number of rotatable bonds is 3. The molecule has 2 aromatic carbocycles. The van der Waals surface area contributed by atoms with Crippen molar-refractivity contribution in [3.05, 3.63) is 76.2 Å². The highest BCUT2D eigenvalue weighted by Crippen LogP contribution is 2.31. The fourth-order valence-corrected chi connectivity index (χ4v) is 3.45. The lowest BCUT2D eigenvalue weighted by Crippen LogP contribution is -2.25. The summed E-state index contributed by atoms with van der Waals surface area (Å²) in [6.07, 6.45) is 1.59. The van der Waals surface area contributed by atoms with E-state index in [0.717, 1.165) is 5.56 Å². The van der Waals surface area contributed by atoms with E-state index >= 15 is 0 Å².